The largest absolute Gasteiger partial charge is 0.380 e. The lowest BCUT2D eigenvalue weighted by Crippen LogP contribution is -2.52. The number of hydrogen-bond acceptors (Lipinski definition) is 5. The van der Waals surface area contributed by atoms with Crippen LogP contribution in [0.5, 0.6) is 0 Å². The molecule has 1 amide bonds. The van der Waals surface area contributed by atoms with Crippen molar-refractivity contribution in [3.63, 3.8) is 0 Å². The number of carbonyl (C=O) groups is 1. The molecule has 0 radical (unpaired) electrons. The summed E-state index contributed by atoms with van der Waals surface area (Å²) in [4.78, 5) is 24.0. The van der Waals surface area contributed by atoms with Gasteiger partial charge in [-0.2, -0.15) is 8.78 Å². The minimum atomic E-state index is -3.15. The van der Waals surface area contributed by atoms with Gasteiger partial charge < -0.3 is 14.6 Å². The number of aryl methyl sites for hydroxylation is 1. The summed E-state index contributed by atoms with van der Waals surface area (Å²) in [6.45, 7) is 5.47. The standard InChI is InChI=1S/C22H23F2N5O2/c1-12-4-17(28-20(26-12)21(3,23)24)16-9-29(14-6-22(7-14)10-31-11-22)18-8-25-19(5-15(16)18)27-13(2)30/h4-5,8-9,14H,6-7,10-11H2,1-3H3,(H,25,27,30). The van der Waals surface area contributed by atoms with Crippen molar-refractivity contribution in [2.45, 2.75) is 45.6 Å². The van der Waals surface area contributed by atoms with E-state index in [4.69, 9.17) is 4.74 Å². The average Bonchev–Trinajstić information content (AvgIpc) is 2.96. The number of aromatic nitrogens is 4. The summed E-state index contributed by atoms with van der Waals surface area (Å²) in [5.74, 6) is -3.48. The number of hydrogen-bond donors (Lipinski definition) is 1. The van der Waals surface area contributed by atoms with Gasteiger partial charge in [0, 0.05) is 48.1 Å². The van der Waals surface area contributed by atoms with Crippen LogP contribution in [0.2, 0.25) is 0 Å². The molecule has 0 aromatic carbocycles. The Morgan fingerprint density at radius 3 is 2.65 bits per heavy atom. The van der Waals surface area contributed by atoms with Gasteiger partial charge in [0.2, 0.25) is 5.91 Å². The first-order valence-electron chi connectivity index (χ1n) is 10.2. The molecule has 4 heterocycles. The Balaban J connectivity index is 1.64. The molecule has 5 rings (SSSR count). The Bertz CT molecular complexity index is 1190. The van der Waals surface area contributed by atoms with Crippen molar-refractivity contribution in [3.8, 4) is 11.3 Å². The van der Waals surface area contributed by atoms with Crippen molar-refractivity contribution in [1.82, 2.24) is 19.5 Å². The molecule has 3 aromatic heterocycles. The Kier molecular flexibility index (Phi) is 4.37. The zero-order valence-corrected chi connectivity index (χ0v) is 17.6. The molecule has 0 unspecified atom stereocenters. The maximum Gasteiger partial charge on any atom is 0.303 e. The molecule has 1 aliphatic carbocycles. The lowest BCUT2D eigenvalue weighted by molar-refractivity contribution is -0.173. The number of ether oxygens (including phenoxy) is 1. The fourth-order valence-corrected chi connectivity index (χ4v) is 4.57. The van der Waals surface area contributed by atoms with E-state index < -0.39 is 11.7 Å². The summed E-state index contributed by atoms with van der Waals surface area (Å²) in [5.41, 5.74) is 2.76. The molecule has 2 fully saturated rings. The van der Waals surface area contributed by atoms with E-state index in [-0.39, 0.29) is 17.4 Å². The minimum Gasteiger partial charge on any atom is -0.380 e. The van der Waals surface area contributed by atoms with Crippen LogP contribution in [-0.4, -0.2) is 38.6 Å². The average molecular weight is 427 g/mol. The number of anilines is 1. The molecule has 3 aromatic rings. The van der Waals surface area contributed by atoms with Crippen LogP contribution in [0.1, 0.15) is 44.2 Å². The second-order valence-corrected chi connectivity index (χ2v) is 8.88. The van der Waals surface area contributed by atoms with Crippen LogP contribution < -0.4 is 5.32 Å². The summed E-state index contributed by atoms with van der Waals surface area (Å²) >= 11 is 0. The van der Waals surface area contributed by atoms with Gasteiger partial charge in [-0.15, -0.1) is 0 Å². The number of nitrogens with zero attached hydrogens (tertiary/aromatic N) is 4. The third-order valence-corrected chi connectivity index (χ3v) is 6.09. The molecule has 162 valence electrons. The molecule has 0 atom stereocenters. The molecule has 1 N–H and O–H groups in total. The highest BCUT2D eigenvalue weighted by Crippen LogP contribution is 2.54. The van der Waals surface area contributed by atoms with Crippen molar-refractivity contribution >= 4 is 22.6 Å². The maximum absolute atomic E-state index is 14.0. The summed E-state index contributed by atoms with van der Waals surface area (Å²) in [5, 5.41) is 3.49. The van der Waals surface area contributed by atoms with Crippen LogP contribution in [0, 0.1) is 12.3 Å². The maximum atomic E-state index is 14.0. The van der Waals surface area contributed by atoms with Gasteiger partial charge in [0.1, 0.15) is 5.82 Å². The van der Waals surface area contributed by atoms with Crippen LogP contribution in [0.4, 0.5) is 14.6 Å². The van der Waals surface area contributed by atoms with E-state index in [0.29, 0.717) is 22.8 Å². The smallest absolute Gasteiger partial charge is 0.303 e. The van der Waals surface area contributed by atoms with Gasteiger partial charge in [0.15, 0.2) is 5.82 Å². The zero-order valence-electron chi connectivity index (χ0n) is 17.6. The van der Waals surface area contributed by atoms with Crippen molar-refractivity contribution < 1.29 is 18.3 Å². The topological polar surface area (TPSA) is 81.9 Å². The number of fused-ring (bicyclic) bond motifs is 1. The number of nitrogens with one attached hydrogen (secondary N) is 1. The number of carbonyl (C=O) groups excluding carboxylic acids is 1. The van der Waals surface area contributed by atoms with E-state index in [0.717, 1.165) is 43.9 Å². The first-order valence-corrected chi connectivity index (χ1v) is 10.2. The van der Waals surface area contributed by atoms with Gasteiger partial charge in [-0.1, -0.05) is 0 Å². The lowest BCUT2D eigenvalue weighted by Gasteiger charge is -2.53. The summed E-state index contributed by atoms with van der Waals surface area (Å²) in [7, 11) is 0. The summed E-state index contributed by atoms with van der Waals surface area (Å²) in [6, 6.07) is 3.75. The van der Waals surface area contributed by atoms with Crippen molar-refractivity contribution in [1.29, 1.82) is 0 Å². The fourth-order valence-electron chi connectivity index (χ4n) is 4.57. The molecule has 2 aliphatic rings. The second-order valence-electron chi connectivity index (χ2n) is 8.88. The monoisotopic (exact) mass is 427 g/mol. The highest BCUT2D eigenvalue weighted by molar-refractivity contribution is 5.98. The predicted molar refractivity (Wildman–Crippen MR) is 111 cm³/mol. The second kappa shape index (κ2) is 6.78. The van der Waals surface area contributed by atoms with E-state index in [1.54, 1.807) is 25.3 Å². The number of rotatable bonds is 4. The minimum absolute atomic E-state index is 0.232. The molecule has 7 nitrogen and oxygen atoms in total. The van der Waals surface area contributed by atoms with Crippen molar-refractivity contribution in [2.24, 2.45) is 5.41 Å². The number of alkyl halides is 2. The molecule has 31 heavy (non-hydrogen) atoms. The van der Waals surface area contributed by atoms with Crippen molar-refractivity contribution in [2.75, 3.05) is 18.5 Å². The van der Waals surface area contributed by atoms with Gasteiger partial charge in [-0.25, -0.2) is 15.0 Å². The van der Waals surface area contributed by atoms with Crippen LogP contribution in [0.3, 0.4) is 0 Å². The Morgan fingerprint density at radius 1 is 1.29 bits per heavy atom. The number of halogens is 2. The molecule has 9 heteroatoms. The lowest BCUT2D eigenvalue weighted by atomic mass is 9.64. The zero-order chi connectivity index (χ0) is 22.0. The van der Waals surface area contributed by atoms with Gasteiger partial charge in [0.05, 0.1) is 30.6 Å². The van der Waals surface area contributed by atoms with Crippen LogP contribution in [0.15, 0.2) is 24.5 Å². The highest BCUT2D eigenvalue weighted by Gasteiger charge is 2.50. The number of pyridine rings is 1. The first-order chi connectivity index (χ1) is 14.6. The van der Waals surface area contributed by atoms with E-state index in [1.165, 1.54) is 6.92 Å². The Hall–Kier alpha value is -2.94. The normalized spacial score (nSPS) is 18.1. The molecule has 0 bridgehead atoms. The predicted octanol–water partition coefficient (Wildman–Crippen LogP) is 4.22. The van der Waals surface area contributed by atoms with E-state index >= 15 is 0 Å². The van der Waals surface area contributed by atoms with Crippen molar-refractivity contribution in [3.05, 3.63) is 36.0 Å². The van der Waals surface area contributed by atoms with Gasteiger partial charge >= 0.3 is 5.92 Å². The quantitative estimate of drug-likeness (QED) is 0.674. The van der Waals surface area contributed by atoms with Gasteiger partial charge in [-0.3, -0.25) is 4.79 Å². The first kappa shape index (κ1) is 20.0. The van der Waals surface area contributed by atoms with Crippen LogP contribution >= 0.6 is 0 Å². The molecule has 1 saturated heterocycles. The van der Waals surface area contributed by atoms with Gasteiger partial charge in [0.25, 0.3) is 0 Å². The molecule has 1 saturated carbocycles. The fraction of sp³-hybridized carbons (Fsp3) is 0.455. The Morgan fingerprint density at radius 2 is 2.03 bits per heavy atom. The van der Waals surface area contributed by atoms with Gasteiger partial charge in [-0.05, 0) is 31.9 Å². The third kappa shape index (κ3) is 3.46. The van der Waals surface area contributed by atoms with E-state index in [1.807, 2.05) is 6.20 Å². The van der Waals surface area contributed by atoms with E-state index in [2.05, 4.69) is 24.8 Å². The SMILES string of the molecule is CC(=O)Nc1cc2c(-c3cc(C)nc(C(C)(F)F)n3)cn(C3CC4(COC4)C3)c2cn1. The number of amides is 1. The van der Waals surface area contributed by atoms with Crippen LogP contribution in [-0.2, 0) is 15.5 Å². The Labute approximate surface area is 177 Å². The highest BCUT2D eigenvalue weighted by atomic mass is 19.3. The summed E-state index contributed by atoms with van der Waals surface area (Å²) in [6.07, 6.45) is 5.69. The molecular weight excluding hydrogens is 404 g/mol. The van der Waals surface area contributed by atoms with E-state index in [9.17, 15) is 13.6 Å². The third-order valence-electron chi connectivity index (χ3n) is 6.09. The molecular formula is C22H23F2N5O2. The summed E-state index contributed by atoms with van der Waals surface area (Å²) < 4.78 is 35.5. The van der Waals surface area contributed by atoms with Crippen LogP contribution in [0.25, 0.3) is 22.2 Å². The molecule has 1 spiro atoms. The molecule has 1 aliphatic heterocycles.